The SMILES string of the molecule is [C-]#[N+]c1cc2c(Oc3ccc(NC(=O)NC4CC4)cc3)ccnc2cc1OC. The first kappa shape index (κ1) is 17.6. The zero-order chi connectivity index (χ0) is 19.5. The standard InChI is InChI=1S/C21H18N4O3/c1-22-18-11-16-17(12-20(18)27-2)23-10-9-19(16)28-15-7-5-14(6-8-15)25-21(26)24-13-3-4-13/h5-13H,3-4H2,2H3,(H2,24,25,26). The normalized spacial score (nSPS) is 12.9. The third kappa shape index (κ3) is 3.81. The van der Waals surface area contributed by atoms with Crippen molar-refractivity contribution in [3.8, 4) is 17.2 Å². The van der Waals surface area contributed by atoms with Gasteiger partial charge >= 0.3 is 6.03 Å². The van der Waals surface area contributed by atoms with E-state index in [1.807, 2.05) is 0 Å². The number of nitrogens with one attached hydrogen (secondary N) is 2. The van der Waals surface area contributed by atoms with Crippen molar-refractivity contribution in [2.24, 2.45) is 0 Å². The predicted octanol–water partition coefficient (Wildman–Crippen LogP) is 4.87. The Morgan fingerprint density at radius 2 is 1.96 bits per heavy atom. The molecule has 1 aliphatic carbocycles. The number of benzene rings is 2. The number of urea groups is 1. The van der Waals surface area contributed by atoms with Gasteiger partial charge in [0.15, 0.2) is 0 Å². The Morgan fingerprint density at radius 3 is 2.64 bits per heavy atom. The highest BCUT2D eigenvalue weighted by atomic mass is 16.5. The van der Waals surface area contributed by atoms with Crippen LogP contribution in [0.1, 0.15) is 12.8 Å². The summed E-state index contributed by atoms with van der Waals surface area (Å²) in [6, 6.07) is 12.4. The molecule has 1 aromatic heterocycles. The summed E-state index contributed by atoms with van der Waals surface area (Å²) in [4.78, 5) is 19.6. The lowest BCUT2D eigenvalue weighted by atomic mass is 10.1. The van der Waals surface area contributed by atoms with Gasteiger partial charge in [-0.25, -0.2) is 9.64 Å². The Labute approximate surface area is 162 Å². The Kier molecular flexibility index (Phi) is 4.68. The van der Waals surface area contributed by atoms with Crippen molar-refractivity contribution >= 4 is 28.3 Å². The molecule has 7 heteroatoms. The number of rotatable bonds is 5. The van der Waals surface area contributed by atoms with E-state index >= 15 is 0 Å². The third-order valence-corrected chi connectivity index (χ3v) is 4.38. The maximum absolute atomic E-state index is 11.8. The quantitative estimate of drug-likeness (QED) is 0.625. The molecule has 0 aliphatic heterocycles. The Morgan fingerprint density at radius 1 is 1.18 bits per heavy atom. The summed E-state index contributed by atoms with van der Waals surface area (Å²) in [6.45, 7) is 7.32. The van der Waals surface area contributed by atoms with Crippen molar-refractivity contribution in [2.75, 3.05) is 12.4 Å². The number of hydrogen-bond acceptors (Lipinski definition) is 4. The molecule has 1 heterocycles. The topological polar surface area (TPSA) is 76.8 Å². The minimum atomic E-state index is -0.197. The van der Waals surface area contributed by atoms with Crippen molar-refractivity contribution in [2.45, 2.75) is 18.9 Å². The Balaban J connectivity index is 1.54. The van der Waals surface area contributed by atoms with Crippen LogP contribution in [0.4, 0.5) is 16.2 Å². The second kappa shape index (κ2) is 7.45. The summed E-state index contributed by atoms with van der Waals surface area (Å²) >= 11 is 0. The maximum Gasteiger partial charge on any atom is 0.319 e. The van der Waals surface area contributed by atoms with E-state index in [9.17, 15) is 4.79 Å². The van der Waals surface area contributed by atoms with Crippen LogP contribution in [0.5, 0.6) is 17.2 Å². The lowest BCUT2D eigenvalue weighted by Gasteiger charge is -2.11. The number of nitrogens with zero attached hydrogens (tertiary/aromatic N) is 2. The monoisotopic (exact) mass is 374 g/mol. The van der Waals surface area contributed by atoms with Gasteiger partial charge in [-0.15, -0.1) is 0 Å². The first-order valence-corrected chi connectivity index (χ1v) is 8.86. The minimum Gasteiger partial charge on any atom is -0.508 e. The third-order valence-electron chi connectivity index (χ3n) is 4.38. The Hall–Kier alpha value is -3.79. The average molecular weight is 374 g/mol. The molecule has 0 radical (unpaired) electrons. The van der Waals surface area contributed by atoms with Gasteiger partial charge in [0, 0.05) is 23.3 Å². The van der Waals surface area contributed by atoms with E-state index in [0.717, 1.165) is 18.2 Å². The van der Waals surface area contributed by atoms with Crippen molar-refractivity contribution in [3.05, 3.63) is 60.1 Å². The molecule has 1 fully saturated rings. The number of amides is 2. The highest BCUT2D eigenvalue weighted by Gasteiger charge is 2.23. The van der Waals surface area contributed by atoms with Crippen molar-refractivity contribution in [1.29, 1.82) is 0 Å². The highest BCUT2D eigenvalue weighted by molar-refractivity contribution is 5.91. The average Bonchev–Trinajstić information content (AvgIpc) is 3.52. The zero-order valence-electron chi connectivity index (χ0n) is 15.2. The number of aromatic nitrogens is 1. The van der Waals surface area contributed by atoms with Gasteiger partial charge in [0.2, 0.25) is 5.69 Å². The molecule has 28 heavy (non-hydrogen) atoms. The number of ether oxygens (including phenoxy) is 2. The van der Waals surface area contributed by atoms with Gasteiger partial charge in [-0.3, -0.25) is 4.98 Å². The number of carbonyl (C=O) groups is 1. The van der Waals surface area contributed by atoms with E-state index in [2.05, 4.69) is 20.5 Å². The molecule has 0 unspecified atom stereocenters. The van der Waals surface area contributed by atoms with Crippen LogP contribution >= 0.6 is 0 Å². The zero-order valence-corrected chi connectivity index (χ0v) is 15.2. The predicted molar refractivity (Wildman–Crippen MR) is 106 cm³/mol. The molecule has 7 nitrogen and oxygen atoms in total. The van der Waals surface area contributed by atoms with Gasteiger partial charge in [-0.05, 0) is 55.3 Å². The van der Waals surface area contributed by atoms with Crippen LogP contribution in [-0.4, -0.2) is 24.2 Å². The van der Waals surface area contributed by atoms with Crippen LogP contribution in [0.25, 0.3) is 15.7 Å². The molecule has 2 N–H and O–H groups in total. The molecule has 0 saturated heterocycles. The molecular weight excluding hydrogens is 356 g/mol. The second-order valence-electron chi connectivity index (χ2n) is 6.46. The molecule has 1 aliphatic rings. The molecule has 2 aromatic carbocycles. The molecule has 0 atom stereocenters. The lowest BCUT2D eigenvalue weighted by Crippen LogP contribution is -2.30. The van der Waals surface area contributed by atoms with Gasteiger partial charge < -0.3 is 20.1 Å². The van der Waals surface area contributed by atoms with Crippen LogP contribution < -0.4 is 20.1 Å². The number of anilines is 1. The number of pyridine rings is 1. The van der Waals surface area contributed by atoms with Gasteiger partial charge in [0.25, 0.3) is 0 Å². The lowest BCUT2D eigenvalue weighted by molar-refractivity contribution is 0.251. The number of carbonyl (C=O) groups excluding carboxylic acids is 1. The van der Waals surface area contributed by atoms with Gasteiger partial charge in [-0.1, -0.05) is 0 Å². The molecule has 2 amide bonds. The fourth-order valence-corrected chi connectivity index (χ4v) is 2.79. The van der Waals surface area contributed by atoms with E-state index in [1.165, 1.54) is 7.11 Å². The van der Waals surface area contributed by atoms with Crippen LogP contribution in [0.2, 0.25) is 0 Å². The van der Waals surface area contributed by atoms with Crippen molar-refractivity contribution in [1.82, 2.24) is 10.3 Å². The molecular formula is C21H18N4O3. The molecule has 0 bridgehead atoms. The van der Waals surface area contributed by atoms with Crippen LogP contribution in [0.3, 0.4) is 0 Å². The number of methoxy groups -OCH3 is 1. The van der Waals surface area contributed by atoms with Crippen molar-refractivity contribution in [3.63, 3.8) is 0 Å². The van der Waals surface area contributed by atoms with E-state index in [0.29, 0.717) is 40.2 Å². The fraction of sp³-hybridized carbons (Fsp3) is 0.190. The first-order chi connectivity index (χ1) is 13.7. The molecule has 1 saturated carbocycles. The fourth-order valence-electron chi connectivity index (χ4n) is 2.79. The van der Waals surface area contributed by atoms with E-state index in [1.54, 1.807) is 48.7 Å². The maximum atomic E-state index is 11.8. The molecule has 140 valence electrons. The summed E-state index contributed by atoms with van der Waals surface area (Å²) in [6.07, 6.45) is 3.73. The van der Waals surface area contributed by atoms with E-state index < -0.39 is 0 Å². The Bertz CT molecular complexity index is 1070. The van der Waals surface area contributed by atoms with Gasteiger partial charge in [0.05, 0.1) is 19.2 Å². The summed E-state index contributed by atoms with van der Waals surface area (Å²) in [7, 11) is 1.52. The van der Waals surface area contributed by atoms with E-state index in [4.69, 9.17) is 16.0 Å². The molecule has 3 aromatic rings. The molecule has 4 rings (SSSR count). The van der Waals surface area contributed by atoms with Crippen LogP contribution in [0.15, 0.2) is 48.7 Å². The van der Waals surface area contributed by atoms with Gasteiger partial charge in [0.1, 0.15) is 17.2 Å². The van der Waals surface area contributed by atoms with Crippen LogP contribution in [-0.2, 0) is 0 Å². The van der Waals surface area contributed by atoms with E-state index in [-0.39, 0.29) is 6.03 Å². The summed E-state index contributed by atoms with van der Waals surface area (Å²) in [5.41, 5.74) is 1.76. The first-order valence-electron chi connectivity index (χ1n) is 8.86. The van der Waals surface area contributed by atoms with Crippen LogP contribution in [0, 0.1) is 6.57 Å². The number of hydrogen-bond donors (Lipinski definition) is 2. The smallest absolute Gasteiger partial charge is 0.319 e. The summed E-state index contributed by atoms with van der Waals surface area (Å²) in [5.74, 6) is 1.68. The largest absolute Gasteiger partial charge is 0.508 e. The van der Waals surface area contributed by atoms with Gasteiger partial charge in [-0.2, -0.15) is 0 Å². The molecule has 0 spiro atoms. The number of fused-ring (bicyclic) bond motifs is 1. The minimum absolute atomic E-state index is 0.197. The van der Waals surface area contributed by atoms with Crippen molar-refractivity contribution < 1.29 is 14.3 Å². The summed E-state index contributed by atoms with van der Waals surface area (Å²) in [5, 5.41) is 6.40. The second-order valence-corrected chi connectivity index (χ2v) is 6.46. The summed E-state index contributed by atoms with van der Waals surface area (Å²) < 4.78 is 11.2. The highest BCUT2D eigenvalue weighted by Crippen LogP contribution is 2.37.